The Morgan fingerprint density at radius 1 is 1.30 bits per heavy atom. The molecule has 0 heterocycles. The number of nitrogens with zero attached hydrogens (tertiary/aromatic N) is 1. The van der Waals surface area contributed by atoms with Gasteiger partial charge in [-0.3, -0.25) is 0 Å². The molecular formula is C15H12ClFN2O. The van der Waals surface area contributed by atoms with E-state index in [1.807, 2.05) is 6.07 Å². The van der Waals surface area contributed by atoms with Crippen LogP contribution in [0, 0.1) is 17.1 Å². The predicted octanol–water partition coefficient (Wildman–Crippen LogP) is 3.97. The highest BCUT2D eigenvalue weighted by molar-refractivity contribution is 6.33. The Morgan fingerprint density at radius 2 is 2.10 bits per heavy atom. The van der Waals surface area contributed by atoms with Gasteiger partial charge in [0.1, 0.15) is 17.6 Å². The van der Waals surface area contributed by atoms with E-state index in [9.17, 15) is 4.39 Å². The van der Waals surface area contributed by atoms with E-state index in [0.29, 0.717) is 28.6 Å². The zero-order chi connectivity index (χ0) is 14.5. The van der Waals surface area contributed by atoms with Gasteiger partial charge in [0.15, 0.2) is 0 Å². The first kappa shape index (κ1) is 14.2. The minimum absolute atomic E-state index is 0.357. The third-order valence-corrected chi connectivity index (χ3v) is 3.13. The smallest absolute Gasteiger partial charge is 0.136 e. The lowest BCUT2D eigenvalue weighted by atomic mass is 10.1. The maximum atomic E-state index is 13.1. The van der Waals surface area contributed by atoms with Crippen LogP contribution in [0.1, 0.15) is 11.1 Å². The van der Waals surface area contributed by atoms with E-state index < -0.39 is 0 Å². The molecule has 0 aliphatic rings. The molecule has 2 aromatic rings. The highest BCUT2D eigenvalue weighted by atomic mass is 35.5. The first-order chi connectivity index (χ1) is 9.63. The number of halogens is 2. The summed E-state index contributed by atoms with van der Waals surface area (Å²) in [6.07, 6.45) is 0. The van der Waals surface area contributed by atoms with Crippen molar-refractivity contribution in [3.05, 3.63) is 58.4 Å². The number of nitriles is 1. The maximum absolute atomic E-state index is 13.1. The van der Waals surface area contributed by atoms with Crippen LogP contribution in [0.4, 0.5) is 10.1 Å². The van der Waals surface area contributed by atoms with Gasteiger partial charge in [0.05, 0.1) is 23.4 Å². The van der Waals surface area contributed by atoms with E-state index in [1.54, 1.807) is 12.1 Å². The molecule has 0 aliphatic carbocycles. The summed E-state index contributed by atoms with van der Waals surface area (Å²) < 4.78 is 18.2. The number of hydrogen-bond acceptors (Lipinski definition) is 3. The van der Waals surface area contributed by atoms with Crippen molar-refractivity contribution in [2.45, 2.75) is 6.54 Å². The van der Waals surface area contributed by atoms with Crippen LogP contribution in [0.5, 0.6) is 5.75 Å². The molecule has 2 rings (SSSR count). The largest absolute Gasteiger partial charge is 0.495 e. The Hall–Kier alpha value is -2.25. The number of rotatable bonds is 4. The van der Waals surface area contributed by atoms with E-state index in [-0.39, 0.29) is 5.82 Å². The lowest BCUT2D eigenvalue weighted by molar-refractivity contribution is 0.413. The van der Waals surface area contributed by atoms with Crippen LogP contribution >= 0.6 is 11.6 Å². The number of anilines is 1. The second-order valence-electron chi connectivity index (χ2n) is 4.12. The summed E-state index contributed by atoms with van der Waals surface area (Å²) in [6, 6.07) is 11.5. The van der Waals surface area contributed by atoms with Gasteiger partial charge >= 0.3 is 0 Å². The number of methoxy groups -OCH3 is 1. The molecule has 1 N–H and O–H groups in total. The lowest BCUT2D eigenvalue weighted by Crippen LogP contribution is -2.01. The van der Waals surface area contributed by atoms with Gasteiger partial charge in [0.2, 0.25) is 0 Å². The molecule has 2 aromatic carbocycles. The Kier molecular flexibility index (Phi) is 4.44. The fourth-order valence-electron chi connectivity index (χ4n) is 1.78. The Morgan fingerprint density at radius 3 is 2.80 bits per heavy atom. The Labute approximate surface area is 121 Å². The average molecular weight is 291 g/mol. The summed E-state index contributed by atoms with van der Waals surface area (Å²) in [4.78, 5) is 0. The summed E-state index contributed by atoms with van der Waals surface area (Å²) in [5.74, 6) is 0.171. The number of nitrogens with one attached hydrogen (secondary N) is 1. The number of hydrogen-bond donors (Lipinski definition) is 1. The molecule has 0 fully saturated rings. The molecule has 5 heteroatoms. The van der Waals surface area contributed by atoms with Gasteiger partial charge in [-0.1, -0.05) is 17.7 Å². The normalized spacial score (nSPS) is 9.90. The van der Waals surface area contributed by atoms with Crippen molar-refractivity contribution in [3.8, 4) is 11.8 Å². The van der Waals surface area contributed by atoms with Gasteiger partial charge in [0.25, 0.3) is 0 Å². The van der Waals surface area contributed by atoms with E-state index in [1.165, 1.54) is 25.3 Å². The quantitative estimate of drug-likeness (QED) is 0.926. The second kappa shape index (κ2) is 6.27. The van der Waals surface area contributed by atoms with Crippen LogP contribution in [0.2, 0.25) is 5.02 Å². The lowest BCUT2D eigenvalue weighted by Gasteiger charge is -2.10. The van der Waals surface area contributed by atoms with Crippen LogP contribution in [0.25, 0.3) is 0 Å². The topological polar surface area (TPSA) is 45.0 Å². The molecule has 0 saturated heterocycles. The molecular weight excluding hydrogens is 279 g/mol. The Balaban J connectivity index is 2.15. The fourth-order valence-corrected chi connectivity index (χ4v) is 1.97. The molecule has 0 spiro atoms. The van der Waals surface area contributed by atoms with Gasteiger partial charge in [-0.15, -0.1) is 0 Å². The fraction of sp³-hybridized carbons (Fsp3) is 0.133. The molecule has 0 bridgehead atoms. The molecule has 0 atom stereocenters. The van der Waals surface area contributed by atoms with Crippen LogP contribution < -0.4 is 10.1 Å². The molecule has 20 heavy (non-hydrogen) atoms. The molecule has 102 valence electrons. The van der Waals surface area contributed by atoms with E-state index >= 15 is 0 Å². The van der Waals surface area contributed by atoms with Crippen LogP contribution in [0.3, 0.4) is 0 Å². The van der Waals surface area contributed by atoms with Crippen molar-refractivity contribution in [3.63, 3.8) is 0 Å². The van der Waals surface area contributed by atoms with Crippen LogP contribution in [-0.2, 0) is 6.54 Å². The summed E-state index contributed by atoms with van der Waals surface area (Å²) in [5.41, 5.74) is 1.85. The first-order valence-corrected chi connectivity index (χ1v) is 6.28. The SMILES string of the molecule is COc1ccc(CNc2cc(F)ccc2Cl)cc1C#N. The summed E-state index contributed by atoms with van der Waals surface area (Å²) >= 11 is 5.97. The van der Waals surface area contributed by atoms with Crippen LogP contribution in [-0.4, -0.2) is 7.11 Å². The van der Waals surface area contributed by atoms with Crippen molar-refractivity contribution < 1.29 is 9.13 Å². The average Bonchev–Trinajstić information content (AvgIpc) is 2.47. The number of ether oxygens (including phenoxy) is 1. The van der Waals surface area contributed by atoms with E-state index in [0.717, 1.165) is 5.56 Å². The second-order valence-corrected chi connectivity index (χ2v) is 4.53. The first-order valence-electron chi connectivity index (χ1n) is 5.90. The third-order valence-electron chi connectivity index (χ3n) is 2.80. The highest BCUT2D eigenvalue weighted by Gasteiger charge is 2.05. The standard InChI is InChI=1S/C15H12ClFN2O/c1-20-15-5-2-10(6-11(15)8-18)9-19-14-7-12(17)3-4-13(14)16/h2-7,19H,9H2,1H3. The molecule has 0 saturated carbocycles. The third kappa shape index (κ3) is 3.19. The van der Waals surface area contributed by atoms with Crippen molar-refractivity contribution in [2.24, 2.45) is 0 Å². The summed E-state index contributed by atoms with van der Waals surface area (Å²) in [5, 5.41) is 12.5. The van der Waals surface area contributed by atoms with Gasteiger partial charge in [-0.05, 0) is 35.9 Å². The monoisotopic (exact) mass is 290 g/mol. The summed E-state index contributed by atoms with van der Waals surface area (Å²) in [6.45, 7) is 0.432. The van der Waals surface area contributed by atoms with Crippen molar-refractivity contribution in [2.75, 3.05) is 12.4 Å². The van der Waals surface area contributed by atoms with E-state index in [4.69, 9.17) is 21.6 Å². The maximum Gasteiger partial charge on any atom is 0.136 e. The van der Waals surface area contributed by atoms with Crippen molar-refractivity contribution in [1.29, 1.82) is 5.26 Å². The molecule has 0 radical (unpaired) electrons. The van der Waals surface area contributed by atoms with Gasteiger partial charge < -0.3 is 10.1 Å². The molecule has 0 amide bonds. The zero-order valence-electron chi connectivity index (χ0n) is 10.8. The molecule has 0 aromatic heterocycles. The van der Waals surface area contributed by atoms with Crippen molar-refractivity contribution >= 4 is 17.3 Å². The Bertz CT molecular complexity index is 667. The molecule has 0 unspecified atom stereocenters. The zero-order valence-corrected chi connectivity index (χ0v) is 11.5. The molecule has 3 nitrogen and oxygen atoms in total. The minimum atomic E-state index is -0.357. The van der Waals surface area contributed by atoms with Crippen molar-refractivity contribution in [1.82, 2.24) is 0 Å². The van der Waals surface area contributed by atoms with Crippen LogP contribution in [0.15, 0.2) is 36.4 Å². The molecule has 0 aliphatic heterocycles. The minimum Gasteiger partial charge on any atom is -0.495 e. The number of benzene rings is 2. The van der Waals surface area contributed by atoms with Gasteiger partial charge in [0, 0.05) is 6.54 Å². The van der Waals surface area contributed by atoms with E-state index in [2.05, 4.69) is 11.4 Å². The summed E-state index contributed by atoms with van der Waals surface area (Å²) in [7, 11) is 1.51. The predicted molar refractivity (Wildman–Crippen MR) is 76.4 cm³/mol. The van der Waals surface area contributed by atoms with Gasteiger partial charge in [-0.2, -0.15) is 5.26 Å². The highest BCUT2D eigenvalue weighted by Crippen LogP contribution is 2.24. The van der Waals surface area contributed by atoms with Gasteiger partial charge in [-0.25, -0.2) is 4.39 Å².